The highest BCUT2D eigenvalue weighted by Crippen LogP contribution is 2.24. The van der Waals surface area contributed by atoms with Gasteiger partial charge < -0.3 is 5.73 Å². The Morgan fingerprint density at radius 2 is 2.12 bits per heavy atom. The topological polar surface area (TPSA) is 72.2 Å². The Balaban J connectivity index is 2.78. The minimum Gasteiger partial charge on any atom is -0.327 e. The molecule has 3 N–H and O–H groups in total. The molecule has 0 atom stereocenters. The monoisotopic (exact) mass is 260 g/mol. The van der Waals surface area contributed by atoms with Gasteiger partial charge in [-0.1, -0.05) is 12.2 Å². The van der Waals surface area contributed by atoms with E-state index < -0.39 is 10.0 Å². The van der Waals surface area contributed by atoms with Crippen molar-refractivity contribution in [3.63, 3.8) is 0 Å². The molecule has 0 fully saturated rings. The van der Waals surface area contributed by atoms with Crippen molar-refractivity contribution in [2.45, 2.75) is 18.7 Å². The summed E-state index contributed by atoms with van der Waals surface area (Å²) in [6, 6.07) is 1.69. The quantitative estimate of drug-likeness (QED) is 0.780. The van der Waals surface area contributed by atoms with E-state index in [0.29, 0.717) is 11.4 Å². The van der Waals surface area contributed by atoms with Crippen molar-refractivity contribution in [2.75, 3.05) is 13.1 Å². The van der Waals surface area contributed by atoms with E-state index in [1.54, 1.807) is 18.2 Å². The van der Waals surface area contributed by atoms with Crippen LogP contribution in [0, 0.1) is 13.8 Å². The van der Waals surface area contributed by atoms with Gasteiger partial charge in [0.1, 0.15) is 0 Å². The van der Waals surface area contributed by atoms with Crippen LogP contribution >= 0.6 is 11.3 Å². The zero-order chi connectivity index (χ0) is 12.2. The van der Waals surface area contributed by atoms with Gasteiger partial charge in [-0.3, -0.25) is 0 Å². The summed E-state index contributed by atoms with van der Waals surface area (Å²) >= 11 is 1.48. The molecule has 0 radical (unpaired) electrons. The third-order valence-corrected chi connectivity index (χ3v) is 4.62. The molecule has 0 spiro atoms. The van der Waals surface area contributed by atoms with Crippen LogP contribution in [0.1, 0.15) is 9.75 Å². The van der Waals surface area contributed by atoms with Crippen molar-refractivity contribution in [1.82, 2.24) is 4.72 Å². The Labute approximate surface area is 100 Å². The van der Waals surface area contributed by atoms with Crippen molar-refractivity contribution in [3.8, 4) is 0 Å². The SMILES string of the molecule is Cc1cc(S(=O)(=O)NC/C=C/CN)c(C)s1. The maximum absolute atomic E-state index is 11.9. The molecule has 0 aliphatic rings. The van der Waals surface area contributed by atoms with E-state index in [4.69, 9.17) is 5.73 Å². The largest absolute Gasteiger partial charge is 0.327 e. The molecule has 90 valence electrons. The molecule has 0 saturated carbocycles. The van der Waals surface area contributed by atoms with E-state index in [1.807, 2.05) is 13.8 Å². The number of rotatable bonds is 5. The molecule has 0 saturated heterocycles. The van der Waals surface area contributed by atoms with Crippen molar-refractivity contribution in [2.24, 2.45) is 5.73 Å². The Kier molecular flexibility index (Phi) is 4.67. The Morgan fingerprint density at radius 3 is 2.62 bits per heavy atom. The van der Waals surface area contributed by atoms with Gasteiger partial charge in [0.2, 0.25) is 10.0 Å². The second-order valence-corrected chi connectivity index (χ2v) is 6.53. The standard InChI is InChI=1S/C10H16N2O2S2/c1-8-7-10(9(2)15-8)16(13,14)12-6-4-3-5-11/h3-4,7,12H,5-6,11H2,1-2H3/b4-3+. The number of nitrogens with two attached hydrogens (primary N) is 1. The highest BCUT2D eigenvalue weighted by Gasteiger charge is 2.17. The summed E-state index contributed by atoms with van der Waals surface area (Å²) in [5.74, 6) is 0. The van der Waals surface area contributed by atoms with E-state index >= 15 is 0 Å². The second-order valence-electron chi connectivity index (χ2n) is 3.34. The first-order valence-corrected chi connectivity index (χ1v) is 7.19. The number of hydrogen-bond acceptors (Lipinski definition) is 4. The van der Waals surface area contributed by atoms with Gasteiger partial charge in [0.25, 0.3) is 0 Å². The van der Waals surface area contributed by atoms with E-state index in [1.165, 1.54) is 11.3 Å². The summed E-state index contributed by atoms with van der Waals surface area (Å²) in [6.45, 7) is 4.39. The van der Waals surface area contributed by atoms with Crippen LogP contribution < -0.4 is 10.5 Å². The lowest BCUT2D eigenvalue weighted by molar-refractivity contribution is 0.585. The van der Waals surface area contributed by atoms with Crippen LogP contribution in [-0.2, 0) is 10.0 Å². The molecule has 0 aromatic carbocycles. The van der Waals surface area contributed by atoms with Gasteiger partial charge >= 0.3 is 0 Å². The fraction of sp³-hybridized carbons (Fsp3) is 0.400. The molecule has 0 amide bonds. The van der Waals surface area contributed by atoms with E-state index in [0.717, 1.165) is 9.75 Å². The Morgan fingerprint density at radius 1 is 1.44 bits per heavy atom. The van der Waals surface area contributed by atoms with Crippen LogP contribution in [0.2, 0.25) is 0 Å². The molecule has 4 nitrogen and oxygen atoms in total. The average molecular weight is 260 g/mol. The van der Waals surface area contributed by atoms with E-state index in [-0.39, 0.29) is 6.54 Å². The van der Waals surface area contributed by atoms with Crippen LogP contribution in [0.25, 0.3) is 0 Å². The fourth-order valence-corrected chi connectivity index (χ4v) is 3.82. The van der Waals surface area contributed by atoms with E-state index in [2.05, 4.69) is 4.72 Å². The Bertz CT molecular complexity index is 475. The molecular formula is C10H16N2O2S2. The fourth-order valence-electron chi connectivity index (χ4n) is 1.29. The molecule has 0 unspecified atom stereocenters. The van der Waals surface area contributed by atoms with Crippen LogP contribution in [0.5, 0.6) is 0 Å². The smallest absolute Gasteiger partial charge is 0.241 e. The summed E-state index contributed by atoms with van der Waals surface area (Å²) in [7, 11) is -3.38. The summed E-state index contributed by atoms with van der Waals surface area (Å²) < 4.78 is 26.2. The number of nitrogens with one attached hydrogen (secondary N) is 1. The molecule has 6 heteroatoms. The zero-order valence-corrected chi connectivity index (χ0v) is 11.0. The molecule has 0 aliphatic carbocycles. The van der Waals surface area contributed by atoms with Crippen molar-refractivity contribution in [3.05, 3.63) is 28.0 Å². The predicted molar refractivity (Wildman–Crippen MR) is 67.2 cm³/mol. The summed E-state index contributed by atoms with van der Waals surface area (Å²) in [6.07, 6.45) is 3.42. The second kappa shape index (κ2) is 5.58. The van der Waals surface area contributed by atoms with Gasteiger partial charge in [-0.05, 0) is 19.9 Å². The highest BCUT2D eigenvalue weighted by atomic mass is 32.2. The van der Waals surface area contributed by atoms with Crippen molar-refractivity contribution < 1.29 is 8.42 Å². The van der Waals surface area contributed by atoms with Crippen LogP contribution in [0.3, 0.4) is 0 Å². The van der Waals surface area contributed by atoms with Crippen molar-refractivity contribution in [1.29, 1.82) is 0 Å². The van der Waals surface area contributed by atoms with Crippen molar-refractivity contribution >= 4 is 21.4 Å². The maximum Gasteiger partial charge on any atom is 0.241 e. The Hall–Kier alpha value is -0.690. The first kappa shape index (κ1) is 13.4. The number of sulfonamides is 1. The highest BCUT2D eigenvalue weighted by molar-refractivity contribution is 7.89. The number of hydrogen-bond donors (Lipinski definition) is 2. The number of aryl methyl sites for hydroxylation is 2. The predicted octanol–water partition coefficient (Wildman–Crippen LogP) is 1.16. The molecule has 1 aromatic rings. The lowest BCUT2D eigenvalue weighted by Crippen LogP contribution is -2.24. The van der Waals surface area contributed by atoms with Gasteiger partial charge in [0.15, 0.2) is 0 Å². The third-order valence-electron chi connectivity index (χ3n) is 1.98. The molecule has 1 aromatic heterocycles. The summed E-state index contributed by atoms with van der Waals surface area (Å²) in [5, 5.41) is 0. The van der Waals surface area contributed by atoms with Gasteiger partial charge in [-0.2, -0.15) is 0 Å². The minimum absolute atomic E-state index is 0.272. The van der Waals surface area contributed by atoms with Crippen LogP contribution in [0.15, 0.2) is 23.1 Å². The van der Waals surface area contributed by atoms with Gasteiger partial charge in [-0.15, -0.1) is 11.3 Å². The molecule has 16 heavy (non-hydrogen) atoms. The van der Waals surface area contributed by atoms with Gasteiger partial charge in [0.05, 0.1) is 4.90 Å². The molecule has 1 heterocycles. The van der Waals surface area contributed by atoms with Gasteiger partial charge in [-0.25, -0.2) is 13.1 Å². The molecule has 1 rings (SSSR count). The normalized spacial score (nSPS) is 12.4. The zero-order valence-electron chi connectivity index (χ0n) is 9.36. The third kappa shape index (κ3) is 3.41. The molecule has 0 aliphatic heterocycles. The lowest BCUT2D eigenvalue weighted by atomic mass is 10.4. The first-order chi connectivity index (χ1) is 7.47. The summed E-state index contributed by atoms with van der Waals surface area (Å²) in [5.41, 5.74) is 5.25. The summed E-state index contributed by atoms with van der Waals surface area (Å²) in [4.78, 5) is 2.18. The van der Waals surface area contributed by atoms with Gasteiger partial charge in [0, 0.05) is 22.8 Å². The average Bonchev–Trinajstić information content (AvgIpc) is 2.53. The first-order valence-electron chi connectivity index (χ1n) is 4.89. The molecule has 0 bridgehead atoms. The van der Waals surface area contributed by atoms with Crippen LogP contribution in [-0.4, -0.2) is 21.5 Å². The van der Waals surface area contributed by atoms with Crippen LogP contribution in [0.4, 0.5) is 0 Å². The molecular weight excluding hydrogens is 244 g/mol. The minimum atomic E-state index is -3.38. The lowest BCUT2D eigenvalue weighted by Gasteiger charge is -2.03. The number of thiophene rings is 1. The van der Waals surface area contributed by atoms with E-state index in [9.17, 15) is 8.42 Å². The maximum atomic E-state index is 11.9.